The summed E-state index contributed by atoms with van der Waals surface area (Å²) < 4.78 is 0. The van der Waals surface area contributed by atoms with E-state index in [1.807, 2.05) is 7.05 Å². The number of nitro benzene ring substituents is 1. The van der Waals surface area contributed by atoms with E-state index in [9.17, 15) is 14.9 Å². The lowest BCUT2D eigenvalue weighted by Gasteiger charge is -2.07. The molecule has 0 fully saturated rings. The zero-order valence-corrected chi connectivity index (χ0v) is 11.5. The topological polar surface area (TPSA) is 96.3 Å². The highest BCUT2D eigenvalue weighted by Crippen LogP contribution is 2.22. The number of hydrogen-bond acceptors (Lipinski definition) is 5. The third kappa shape index (κ3) is 5.66. The molecule has 0 radical (unpaired) electrons. The molecule has 0 aliphatic rings. The van der Waals surface area contributed by atoms with Crippen LogP contribution in [0.4, 0.5) is 11.4 Å². The van der Waals surface area contributed by atoms with Crippen molar-refractivity contribution in [3.63, 3.8) is 0 Å². The van der Waals surface area contributed by atoms with E-state index in [4.69, 9.17) is 0 Å². The van der Waals surface area contributed by atoms with Crippen molar-refractivity contribution < 1.29 is 9.72 Å². The van der Waals surface area contributed by atoms with Crippen LogP contribution in [-0.2, 0) is 4.79 Å². The first-order valence-corrected chi connectivity index (χ1v) is 6.53. The predicted molar refractivity (Wildman–Crippen MR) is 77.8 cm³/mol. The Balaban J connectivity index is 2.30. The number of benzene rings is 1. The van der Waals surface area contributed by atoms with Crippen LogP contribution in [0.1, 0.15) is 12.8 Å². The first kappa shape index (κ1) is 15.9. The van der Waals surface area contributed by atoms with E-state index in [1.54, 1.807) is 18.2 Å². The van der Waals surface area contributed by atoms with E-state index in [0.29, 0.717) is 18.8 Å². The fourth-order valence-corrected chi connectivity index (χ4v) is 1.67. The Bertz CT molecular complexity index is 451. The molecule has 7 nitrogen and oxygen atoms in total. The lowest BCUT2D eigenvalue weighted by atomic mass is 10.2. The summed E-state index contributed by atoms with van der Waals surface area (Å²) >= 11 is 0. The summed E-state index contributed by atoms with van der Waals surface area (Å²) in [6.45, 7) is 1.85. The lowest BCUT2D eigenvalue weighted by Crippen LogP contribution is -2.28. The summed E-state index contributed by atoms with van der Waals surface area (Å²) in [6.07, 6.45) is 1.16. The smallest absolute Gasteiger partial charge is 0.292 e. The summed E-state index contributed by atoms with van der Waals surface area (Å²) in [5.41, 5.74) is 0.447. The van der Waals surface area contributed by atoms with Crippen LogP contribution in [0.15, 0.2) is 24.3 Å². The molecule has 20 heavy (non-hydrogen) atoms. The Hall–Kier alpha value is -2.15. The third-order valence-corrected chi connectivity index (χ3v) is 2.69. The molecule has 7 heteroatoms. The second-order valence-electron chi connectivity index (χ2n) is 4.26. The van der Waals surface area contributed by atoms with Gasteiger partial charge in [-0.25, -0.2) is 0 Å². The maximum absolute atomic E-state index is 11.5. The van der Waals surface area contributed by atoms with Crippen LogP contribution >= 0.6 is 0 Å². The maximum atomic E-state index is 11.5. The molecule has 0 aliphatic heterocycles. The van der Waals surface area contributed by atoms with Crippen molar-refractivity contribution in [3.05, 3.63) is 34.4 Å². The van der Waals surface area contributed by atoms with Crippen molar-refractivity contribution in [2.75, 3.05) is 32.0 Å². The fourth-order valence-electron chi connectivity index (χ4n) is 1.67. The van der Waals surface area contributed by atoms with Crippen LogP contribution in [0.25, 0.3) is 0 Å². The van der Waals surface area contributed by atoms with Gasteiger partial charge in [-0.3, -0.25) is 14.9 Å². The molecule has 1 rings (SSSR count). The van der Waals surface area contributed by atoms with Gasteiger partial charge in [0.25, 0.3) is 5.69 Å². The predicted octanol–water partition coefficient (Wildman–Crippen LogP) is 1.12. The normalized spacial score (nSPS) is 10.1. The second kappa shape index (κ2) is 8.87. The highest BCUT2D eigenvalue weighted by molar-refractivity contribution is 5.76. The van der Waals surface area contributed by atoms with Gasteiger partial charge in [0.15, 0.2) is 0 Å². The summed E-state index contributed by atoms with van der Waals surface area (Å²) in [6, 6.07) is 6.38. The molecule has 0 saturated heterocycles. The number of anilines is 1. The third-order valence-electron chi connectivity index (χ3n) is 2.69. The number of carbonyl (C=O) groups excluding carboxylic acids is 1. The average Bonchev–Trinajstić information content (AvgIpc) is 2.44. The number of nitrogens with one attached hydrogen (secondary N) is 3. The van der Waals surface area contributed by atoms with Gasteiger partial charge in [-0.05, 0) is 26.1 Å². The molecule has 110 valence electrons. The van der Waals surface area contributed by atoms with Gasteiger partial charge in [0.05, 0.1) is 4.92 Å². The monoisotopic (exact) mass is 280 g/mol. The number of rotatable bonds is 9. The van der Waals surface area contributed by atoms with Crippen molar-refractivity contribution in [3.8, 4) is 0 Å². The van der Waals surface area contributed by atoms with Gasteiger partial charge >= 0.3 is 0 Å². The Morgan fingerprint density at radius 2 is 2.00 bits per heavy atom. The number of carbonyl (C=O) groups is 1. The number of amides is 1. The minimum atomic E-state index is -0.444. The van der Waals surface area contributed by atoms with Crippen molar-refractivity contribution in [2.45, 2.75) is 12.8 Å². The van der Waals surface area contributed by atoms with Gasteiger partial charge in [0.1, 0.15) is 5.69 Å². The molecule has 0 heterocycles. The Kier molecular flexibility index (Phi) is 7.05. The molecule has 1 amide bonds. The molecule has 1 aromatic carbocycles. The van der Waals surface area contributed by atoms with E-state index in [0.717, 1.165) is 13.0 Å². The summed E-state index contributed by atoms with van der Waals surface area (Å²) in [5.74, 6) is -0.0628. The highest BCUT2D eigenvalue weighted by atomic mass is 16.6. The zero-order valence-electron chi connectivity index (χ0n) is 11.5. The molecule has 0 atom stereocenters. The standard InChI is InChI=1S/C13H20N4O3/c1-14-8-4-9-16-13(18)7-10-15-11-5-2-3-6-12(11)17(19)20/h2-3,5-6,14-15H,4,7-10H2,1H3,(H,16,18). The Morgan fingerprint density at radius 1 is 1.25 bits per heavy atom. The zero-order chi connectivity index (χ0) is 14.8. The molecule has 0 spiro atoms. The summed E-state index contributed by atoms with van der Waals surface area (Å²) in [5, 5.41) is 19.5. The van der Waals surface area contributed by atoms with Crippen LogP contribution in [0.3, 0.4) is 0 Å². The number of hydrogen-bond donors (Lipinski definition) is 3. The van der Waals surface area contributed by atoms with E-state index >= 15 is 0 Å². The molecule has 1 aromatic rings. The van der Waals surface area contributed by atoms with Gasteiger partial charge in [-0.2, -0.15) is 0 Å². The number of nitro groups is 1. The Morgan fingerprint density at radius 3 is 2.70 bits per heavy atom. The van der Waals surface area contributed by atoms with Crippen LogP contribution in [0.5, 0.6) is 0 Å². The van der Waals surface area contributed by atoms with Crippen molar-refractivity contribution in [1.82, 2.24) is 10.6 Å². The van der Waals surface area contributed by atoms with Crippen molar-refractivity contribution >= 4 is 17.3 Å². The Labute approximate surface area is 117 Å². The van der Waals surface area contributed by atoms with E-state index in [-0.39, 0.29) is 18.0 Å². The maximum Gasteiger partial charge on any atom is 0.292 e. The highest BCUT2D eigenvalue weighted by Gasteiger charge is 2.11. The molecule has 0 aliphatic carbocycles. The van der Waals surface area contributed by atoms with Gasteiger partial charge in [0, 0.05) is 25.6 Å². The lowest BCUT2D eigenvalue weighted by molar-refractivity contribution is -0.384. The second-order valence-corrected chi connectivity index (χ2v) is 4.26. The van der Waals surface area contributed by atoms with E-state index in [1.165, 1.54) is 6.07 Å². The minimum absolute atomic E-state index is 0.0157. The largest absolute Gasteiger partial charge is 0.379 e. The fraction of sp³-hybridized carbons (Fsp3) is 0.462. The van der Waals surface area contributed by atoms with Gasteiger partial charge < -0.3 is 16.0 Å². The summed E-state index contributed by atoms with van der Waals surface area (Å²) in [4.78, 5) is 21.9. The van der Waals surface area contributed by atoms with Crippen molar-refractivity contribution in [2.24, 2.45) is 0 Å². The molecule has 0 saturated carbocycles. The number of nitrogens with zero attached hydrogens (tertiary/aromatic N) is 1. The molecule has 3 N–H and O–H groups in total. The SMILES string of the molecule is CNCCCNC(=O)CCNc1ccccc1[N+](=O)[O-]. The first-order chi connectivity index (χ1) is 9.65. The molecule has 0 aromatic heterocycles. The van der Waals surface area contributed by atoms with Gasteiger partial charge in [-0.15, -0.1) is 0 Å². The van der Waals surface area contributed by atoms with Crippen molar-refractivity contribution in [1.29, 1.82) is 0 Å². The molecule has 0 bridgehead atoms. The van der Waals surface area contributed by atoms with E-state index < -0.39 is 4.92 Å². The summed E-state index contributed by atoms with van der Waals surface area (Å²) in [7, 11) is 1.86. The quantitative estimate of drug-likeness (QED) is 0.358. The minimum Gasteiger partial charge on any atom is -0.379 e. The van der Waals surface area contributed by atoms with Crippen LogP contribution in [0.2, 0.25) is 0 Å². The van der Waals surface area contributed by atoms with Gasteiger partial charge in [0.2, 0.25) is 5.91 Å². The van der Waals surface area contributed by atoms with Gasteiger partial charge in [-0.1, -0.05) is 12.1 Å². The first-order valence-electron chi connectivity index (χ1n) is 6.53. The van der Waals surface area contributed by atoms with Crippen LogP contribution in [0, 0.1) is 10.1 Å². The molecular weight excluding hydrogens is 260 g/mol. The number of para-hydroxylation sites is 2. The van der Waals surface area contributed by atoms with Crippen LogP contribution < -0.4 is 16.0 Å². The molecule has 0 unspecified atom stereocenters. The van der Waals surface area contributed by atoms with Crippen LogP contribution in [-0.4, -0.2) is 37.5 Å². The average molecular weight is 280 g/mol. The van der Waals surface area contributed by atoms with E-state index in [2.05, 4.69) is 16.0 Å². The molecular formula is C13H20N4O3.